The van der Waals surface area contributed by atoms with E-state index in [2.05, 4.69) is 10.3 Å². The summed E-state index contributed by atoms with van der Waals surface area (Å²) in [6, 6.07) is 6.17. The maximum Gasteiger partial charge on any atom is 0.243 e. The van der Waals surface area contributed by atoms with Crippen LogP contribution in [0.15, 0.2) is 40.7 Å². The highest BCUT2D eigenvalue weighted by Crippen LogP contribution is 2.22. The number of hydrogen-bond acceptors (Lipinski definition) is 7. The Kier molecular flexibility index (Phi) is 5.71. The molecule has 2 atom stereocenters. The molecular weight excluding hydrogens is 374 g/mol. The average Bonchev–Trinajstić information content (AvgIpc) is 3.12. The van der Waals surface area contributed by atoms with Gasteiger partial charge in [0.05, 0.1) is 23.6 Å². The number of nitrogens with zero attached hydrogens (tertiary/aromatic N) is 2. The van der Waals surface area contributed by atoms with Crippen LogP contribution in [0.3, 0.4) is 0 Å². The molecule has 2 unspecified atom stereocenters. The molecule has 1 aromatic heterocycles. The molecule has 0 aliphatic carbocycles. The Morgan fingerprint density at radius 1 is 1.35 bits per heavy atom. The van der Waals surface area contributed by atoms with Crippen molar-refractivity contribution in [1.29, 1.82) is 0 Å². The summed E-state index contributed by atoms with van der Waals surface area (Å²) in [7, 11) is -3.67. The monoisotopic (exact) mass is 395 g/mol. The highest BCUT2D eigenvalue weighted by molar-refractivity contribution is 7.89. The number of hydrogen-bond donors (Lipinski definition) is 1. The smallest absolute Gasteiger partial charge is 0.243 e. The predicted octanol–water partition coefficient (Wildman–Crippen LogP) is 2.24. The van der Waals surface area contributed by atoms with Crippen LogP contribution in [0.4, 0.5) is 5.13 Å². The van der Waals surface area contributed by atoms with E-state index in [0.717, 1.165) is 0 Å². The van der Waals surface area contributed by atoms with Crippen molar-refractivity contribution in [2.45, 2.75) is 31.0 Å². The first-order valence-electron chi connectivity index (χ1n) is 8.28. The van der Waals surface area contributed by atoms with Gasteiger partial charge in [0.15, 0.2) is 10.9 Å². The largest absolute Gasteiger partial charge is 0.373 e. The number of aromatic nitrogens is 1. The number of benzene rings is 1. The van der Waals surface area contributed by atoms with Crippen molar-refractivity contribution in [3.8, 4) is 0 Å². The minimum absolute atomic E-state index is 0.0582. The lowest BCUT2D eigenvalue weighted by Gasteiger charge is -2.34. The SMILES string of the molecule is CC1CN(S(=O)(=O)c2cccc(C(=O)CNc3nccs3)c2)CC(C)O1. The number of carbonyl (C=O) groups excluding carboxylic acids is 1. The van der Waals surface area contributed by atoms with Crippen molar-refractivity contribution in [2.75, 3.05) is 25.0 Å². The van der Waals surface area contributed by atoms with Crippen LogP contribution in [0.5, 0.6) is 0 Å². The third kappa shape index (κ3) is 4.29. The molecule has 140 valence electrons. The number of sulfonamides is 1. The summed E-state index contributed by atoms with van der Waals surface area (Å²) in [5, 5.41) is 5.40. The van der Waals surface area contributed by atoms with Crippen LogP contribution in [0.25, 0.3) is 0 Å². The van der Waals surface area contributed by atoms with Crippen LogP contribution in [0.1, 0.15) is 24.2 Å². The summed E-state index contributed by atoms with van der Waals surface area (Å²) in [6.07, 6.45) is 1.32. The van der Waals surface area contributed by atoms with Gasteiger partial charge in [-0.3, -0.25) is 4.79 Å². The minimum atomic E-state index is -3.67. The third-order valence-corrected chi connectivity index (χ3v) is 6.57. The first-order valence-corrected chi connectivity index (χ1v) is 10.6. The standard InChI is InChI=1S/C17H21N3O4S2/c1-12-10-20(11-13(2)24-12)26(22,23)15-5-3-4-14(8-15)16(21)9-19-17-18-6-7-25-17/h3-8,12-13H,9-11H2,1-2H3,(H,18,19). The van der Waals surface area contributed by atoms with Gasteiger partial charge in [-0.2, -0.15) is 4.31 Å². The number of rotatable bonds is 6. The second-order valence-corrected chi connectivity index (χ2v) is 9.05. The number of Topliss-reactive ketones (excluding diaryl/α,β-unsaturated/α-hetero) is 1. The molecule has 1 aliphatic heterocycles. The molecule has 1 aromatic carbocycles. The van der Waals surface area contributed by atoms with E-state index in [9.17, 15) is 13.2 Å². The Hall–Kier alpha value is -1.81. The van der Waals surface area contributed by atoms with Crippen molar-refractivity contribution in [1.82, 2.24) is 9.29 Å². The lowest BCUT2D eigenvalue weighted by atomic mass is 10.1. The van der Waals surface area contributed by atoms with Crippen LogP contribution in [0, 0.1) is 0 Å². The summed E-state index contributed by atoms with van der Waals surface area (Å²) < 4.78 is 32.9. The maximum absolute atomic E-state index is 12.9. The molecule has 7 nitrogen and oxygen atoms in total. The molecule has 2 heterocycles. The highest BCUT2D eigenvalue weighted by Gasteiger charge is 2.32. The topological polar surface area (TPSA) is 88.6 Å². The molecule has 1 N–H and O–H groups in total. The lowest BCUT2D eigenvalue weighted by molar-refractivity contribution is -0.0440. The molecule has 1 fully saturated rings. The summed E-state index contributed by atoms with van der Waals surface area (Å²) in [4.78, 5) is 16.6. The first kappa shape index (κ1) is 19.0. The molecule has 0 amide bonds. The van der Waals surface area contributed by atoms with Gasteiger partial charge < -0.3 is 10.1 Å². The summed E-state index contributed by atoms with van der Waals surface area (Å²) >= 11 is 1.40. The van der Waals surface area contributed by atoms with E-state index >= 15 is 0 Å². The van der Waals surface area contributed by atoms with E-state index in [4.69, 9.17) is 4.74 Å². The zero-order valence-corrected chi connectivity index (χ0v) is 16.2. The molecule has 0 spiro atoms. The third-order valence-electron chi connectivity index (χ3n) is 4.01. The van der Waals surface area contributed by atoms with Gasteiger partial charge in [-0.15, -0.1) is 11.3 Å². The van der Waals surface area contributed by atoms with Crippen molar-refractivity contribution < 1.29 is 17.9 Å². The Balaban J connectivity index is 1.76. The highest BCUT2D eigenvalue weighted by atomic mass is 32.2. The zero-order chi connectivity index (χ0) is 18.7. The Morgan fingerprint density at radius 2 is 2.08 bits per heavy atom. The maximum atomic E-state index is 12.9. The predicted molar refractivity (Wildman–Crippen MR) is 100 cm³/mol. The van der Waals surface area contributed by atoms with Gasteiger partial charge in [0.2, 0.25) is 10.0 Å². The Morgan fingerprint density at radius 3 is 2.73 bits per heavy atom. The van der Waals surface area contributed by atoms with E-state index < -0.39 is 10.0 Å². The van der Waals surface area contributed by atoms with Gasteiger partial charge in [-0.05, 0) is 26.0 Å². The normalized spacial score (nSPS) is 21.5. The fourth-order valence-electron chi connectivity index (χ4n) is 2.87. The molecule has 0 radical (unpaired) electrons. The number of morpholine rings is 1. The summed E-state index contributed by atoms with van der Waals surface area (Å²) in [5.74, 6) is -0.194. The fourth-order valence-corrected chi connectivity index (χ4v) is 5.04. The van der Waals surface area contributed by atoms with Crippen LogP contribution < -0.4 is 5.32 Å². The van der Waals surface area contributed by atoms with Crippen LogP contribution in [-0.2, 0) is 14.8 Å². The van der Waals surface area contributed by atoms with Gasteiger partial charge in [0, 0.05) is 30.2 Å². The second-order valence-electron chi connectivity index (χ2n) is 6.22. The van der Waals surface area contributed by atoms with Crippen molar-refractivity contribution in [2.24, 2.45) is 0 Å². The molecule has 1 saturated heterocycles. The number of ketones is 1. The number of nitrogens with one attached hydrogen (secondary N) is 1. The molecular formula is C17H21N3O4S2. The minimum Gasteiger partial charge on any atom is -0.373 e. The second kappa shape index (κ2) is 7.83. The van der Waals surface area contributed by atoms with Crippen molar-refractivity contribution in [3.63, 3.8) is 0 Å². The molecule has 26 heavy (non-hydrogen) atoms. The zero-order valence-electron chi connectivity index (χ0n) is 14.6. The first-order chi connectivity index (χ1) is 12.4. The van der Waals surface area contributed by atoms with Crippen LogP contribution >= 0.6 is 11.3 Å². The Bertz CT molecular complexity index is 858. The van der Waals surface area contributed by atoms with Crippen molar-refractivity contribution in [3.05, 3.63) is 41.4 Å². The molecule has 0 saturated carbocycles. The van der Waals surface area contributed by atoms with E-state index in [0.29, 0.717) is 23.8 Å². The van der Waals surface area contributed by atoms with Gasteiger partial charge >= 0.3 is 0 Å². The average molecular weight is 396 g/mol. The molecule has 9 heteroatoms. The Labute approximate surface area is 157 Å². The van der Waals surface area contributed by atoms with E-state index in [-0.39, 0.29) is 29.4 Å². The van der Waals surface area contributed by atoms with Crippen molar-refractivity contribution >= 4 is 32.3 Å². The molecule has 3 rings (SSSR count). The van der Waals surface area contributed by atoms with E-state index in [1.165, 1.54) is 27.8 Å². The number of ether oxygens (including phenoxy) is 1. The van der Waals surface area contributed by atoms with Crippen LogP contribution in [-0.4, -0.2) is 55.3 Å². The van der Waals surface area contributed by atoms with Gasteiger partial charge in [-0.25, -0.2) is 13.4 Å². The fraction of sp³-hybridized carbons (Fsp3) is 0.412. The summed E-state index contributed by atoms with van der Waals surface area (Å²) in [6.45, 7) is 4.36. The molecule has 2 aromatic rings. The van der Waals surface area contributed by atoms with Gasteiger partial charge in [-0.1, -0.05) is 12.1 Å². The molecule has 1 aliphatic rings. The summed E-state index contributed by atoms with van der Waals surface area (Å²) in [5.41, 5.74) is 0.351. The number of anilines is 1. The van der Waals surface area contributed by atoms with E-state index in [1.54, 1.807) is 18.3 Å². The van der Waals surface area contributed by atoms with Gasteiger partial charge in [0.25, 0.3) is 0 Å². The quantitative estimate of drug-likeness (QED) is 0.755. The number of thiazole rings is 1. The number of carbonyl (C=O) groups is 1. The molecule has 0 bridgehead atoms. The lowest BCUT2D eigenvalue weighted by Crippen LogP contribution is -2.48. The van der Waals surface area contributed by atoms with Crippen LogP contribution in [0.2, 0.25) is 0 Å². The van der Waals surface area contributed by atoms with Gasteiger partial charge in [0.1, 0.15) is 0 Å². The van der Waals surface area contributed by atoms with E-state index in [1.807, 2.05) is 19.2 Å².